The number of hydrogen-bond donors (Lipinski definition) is 2. The van der Waals surface area contributed by atoms with Crippen LogP contribution in [-0.4, -0.2) is 34.2 Å². The van der Waals surface area contributed by atoms with E-state index < -0.39 is 5.91 Å². The minimum Gasteiger partial charge on any atom is -0.496 e. The second-order valence-electron chi connectivity index (χ2n) is 6.48. The molecule has 0 aliphatic heterocycles. The first-order chi connectivity index (χ1) is 14.4. The quantitative estimate of drug-likeness (QED) is 0.447. The molecule has 2 amide bonds. The van der Waals surface area contributed by atoms with Crippen LogP contribution in [0.2, 0.25) is 5.02 Å². The summed E-state index contributed by atoms with van der Waals surface area (Å²) in [6.45, 7) is 4.11. The molecule has 0 aliphatic carbocycles. The Morgan fingerprint density at radius 2 is 1.93 bits per heavy atom. The van der Waals surface area contributed by atoms with Gasteiger partial charge in [-0.15, -0.1) is 0 Å². The molecule has 9 heteroatoms. The second-order valence-corrected chi connectivity index (χ2v) is 7.86. The lowest BCUT2D eigenvalue weighted by atomic mass is 10.1. The molecule has 0 radical (unpaired) electrons. The fraction of sp³-hybridized carbons (Fsp3) is 0.190. The van der Waals surface area contributed by atoms with E-state index in [-0.39, 0.29) is 17.2 Å². The van der Waals surface area contributed by atoms with Crippen LogP contribution < -0.4 is 15.6 Å². The molecule has 30 heavy (non-hydrogen) atoms. The molecule has 0 atom stereocenters. The smallest absolute Gasteiger partial charge is 0.273 e. The third kappa shape index (κ3) is 5.14. The molecule has 0 bridgehead atoms. The maximum atomic E-state index is 12.3. The summed E-state index contributed by atoms with van der Waals surface area (Å²) in [5.41, 5.74) is 8.35. The Balaban J connectivity index is 1.58. The van der Waals surface area contributed by atoms with Gasteiger partial charge in [-0.2, -0.15) is 0 Å². The number of hydrogen-bond acceptors (Lipinski definition) is 5. The number of aryl methyl sites for hydroxylation is 2. The average molecular weight is 445 g/mol. The molecular weight excluding hydrogens is 424 g/mol. The van der Waals surface area contributed by atoms with Crippen LogP contribution in [0.1, 0.15) is 21.5 Å². The van der Waals surface area contributed by atoms with Crippen molar-refractivity contribution in [2.45, 2.75) is 19.0 Å². The van der Waals surface area contributed by atoms with E-state index in [4.69, 9.17) is 16.3 Å². The number of amides is 2. The van der Waals surface area contributed by atoms with Crippen molar-refractivity contribution in [3.63, 3.8) is 0 Å². The molecule has 2 aromatic carbocycles. The van der Waals surface area contributed by atoms with Gasteiger partial charge in [0.25, 0.3) is 5.91 Å². The number of benzene rings is 2. The van der Waals surface area contributed by atoms with Crippen molar-refractivity contribution in [3.05, 3.63) is 70.5 Å². The average Bonchev–Trinajstić information content (AvgIpc) is 3.21. The Hall–Kier alpha value is -2.97. The van der Waals surface area contributed by atoms with Gasteiger partial charge in [-0.05, 0) is 55.3 Å². The highest BCUT2D eigenvalue weighted by Crippen LogP contribution is 2.23. The molecule has 0 aliphatic rings. The number of rotatable bonds is 6. The zero-order valence-electron chi connectivity index (χ0n) is 16.7. The van der Waals surface area contributed by atoms with Gasteiger partial charge in [0, 0.05) is 23.1 Å². The van der Waals surface area contributed by atoms with E-state index in [1.165, 1.54) is 36.1 Å². The lowest BCUT2D eigenvalue weighted by molar-refractivity contribution is -0.119. The van der Waals surface area contributed by atoms with Crippen molar-refractivity contribution in [2.75, 3.05) is 12.9 Å². The van der Waals surface area contributed by atoms with E-state index in [2.05, 4.69) is 28.8 Å². The fourth-order valence-corrected chi connectivity index (χ4v) is 3.63. The molecule has 1 aromatic heterocycles. The van der Waals surface area contributed by atoms with Crippen molar-refractivity contribution >= 4 is 35.2 Å². The summed E-state index contributed by atoms with van der Waals surface area (Å²) < 4.78 is 7.06. The molecule has 156 valence electrons. The molecule has 3 aromatic rings. The molecular formula is C21H21ClN4O3S. The summed E-state index contributed by atoms with van der Waals surface area (Å²) >= 11 is 7.20. The van der Waals surface area contributed by atoms with Crippen LogP contribution in [-0.2, 0) is 4.79 Å². The van der Waals surface area contributed by atoms with Crippen molar-refractivity contribution < 1.29 is 14.3 Å². The van der Waals surface area contributed by atoms with Crippen LogP contribution in [0.3, 0.4) is 0 Å². The second kappa shape index (κ2) is 9.69. The molecule has 0 fully saturated rings. The van der Waals surface area contributed by atoms with Crippen LogP contribution >= 0.6 is 23.4 Å². The van der Waals surface area contributed by atoms with E-state index in [1.54, 1.807) is 18.3 Å². The summed E-state index contributed by atoms with van der Waals surface area (Å²) in [6.07, 6.45) is 3.53. The number of halogens is 1. The Morgan fingerprint density at radius 1 is 1.13 bits per heavy atom. The Labute approximate surface area is 183 Å². The van der Waals surface area contributed by atoms with Crippen molar-refractivity contribution in [3.8, 4) is 11.4 Å². The lowest BCUT2D eigenvalue weighted by Gasteiger charge is -2.11. The third-order valence-electron chi connectivity index (χ3n) is 4.43. The van der Waals surface area contributed by atoms with E-state index in [9.17, 15) is 9.59 Å². The van der Waals surface area contributed by atoms with Gasteiger partial charge in [0.15, 0.2) is 5.16 Å². The predicted octanol–water partition coefficient (Wildman–Crippen LogP) is 3.70. The van der Waals surface area contributed by atoms with Gasteiger partial charge in [-0.3, -0.25) is 25.0 Å². The van der Waals surface area contributed by atoms with E-state index in [1.807, 2.05) is 29.8 Å². The minimum atomic E-state index is -0.524. The highest BCUT2D eigenvalue weighted by Gasteiger charge is 2.15. The normalized spacial score (nSPS) is 10.5. The topological polar surface area (TPSA) is 85.2 Å². The summed E-state index contributed by atoms with van der Waals surface area (Å²) in [4.78, 5) is 28.8. The van der Waals surface area contributed by atoms with Crippen LogP contribution in [0.15, 0.2) is 53.9 Å². The van der Waals surface area contributed by atoms with Gasteiger partial charge in [-0.1, -0.05) is 29.4 Å². The number of ether oxygens (including phenoxy) is 1. The van der Waals surface area contributed by atoms with Gasteiger partial charge in [0.2, 0.25) is 5.91 Å². The van der Waals surface area contributed by atoms with Gasteiger partial charge in [0.05, 0.1) is 18.4 Å². The summed E-state index contributed by atoms with van der Waals surface area (Å²) in [5, 5.41) is 1.07. The molecule has 2 N–H and O–H groups in total. The molecule has 0 saturated heterocycles. The number of imidazole rings is 1. The molecule has 0 unspecified atom stereocenters. The molecule has 7 nitrogen and oxygen atoms in total. The number of thioether (sulfide) groups is 1. The summed E-state index contributed by atoms with van der Waals surface area (Å²) in [5.74, 6) is -0.460. The fourth-order valence-electron chi connectivity index (χ4n) is 2.69. The largest absolute Gasteiger partial charge is 0.496 e. The number of carbonyl (C=O) groups excluding carboxylic acids is 2. The predicted molar refractivity (Wildman–Crippen MR) is 117 cm³/mol. The molecule has 0 spiro atoms. The van der Waals surface area contributed by atoms with Crippen LogP contribution in [0.5, 0.6) is 5.75 Å². The Bertz CT molecular complexity index is 1080. The van der Waals surface area contributed by atoms with Gasteiger partial charge < -0.3 is 4.74 Å². The first kappa shape index (κ1) is 21.7. The zero-order valence-corrected chi connectivity index (χ0v) is 18.3. The van der Waals surface area contributed by atoms with E-state index in [0.717, 1.165) is 5.69 Å². The number of aromatic nitrogens is 2. The number of methoxy groups -OCH3 is 1. The first-order valence-electron chi connectivity index (χ1n) is 9.05. The van der Waals surface area contributed by atoms with Gasteiger partial charge in [-0.25, -0.2) is 4.98 Å². The number of nitrogens with zero attached hydrogens (tertiary/aromatic N) is 2. The summed E-state index contributed by atoms with van der Waals surface area (Å²) in [6, 6.07) is 10.8. The maximum absolute atomic E-state index is 12.3. The minimum absolute atomic E-state index is 0.0782. The standard InChI is InChI=1S/C21H21ClN4O3S/c1-13-4-6-16(10-14(13)2)26-9-8-23-21(26)30-12-19(27)24-25-20(28)17-11-15(22)5-7-18(17)29-3/h4-11H,12H2,1-3H3,(H,24,27)(H,25,28). The number of hydrazine groups is 1. The zero-order chi connectivity index (χ0) is 21.7. The highest BCUT2D eigenvalue weighted by molar-refractivity contribution is 7.99. The molecule has 0 saturated carbocycles. The summed E-state index contributed by atoms with van der Waals surface area (Å²) in [7, 11) is 1.45. The van der Waals surface area contributed by atoms with Crippen LogP contribution in [0, 0.1) is 13.8 Å². The van der Waals surface area contributed by atoms with Gasteiger partial charge >= 0.3 is 0 Å². The van der Waals surface area contributed by atoms with Crippen LogP contribution in [0.4, 0.5) is 0 Å². The molecule has 3 rings (SSSR count). The number of carbonyl (C=O) groups is 2. The molecule has 1 heterocycles. The van der Waals surface area contributed by atoms with Crippen molar-refractivity contribution in [1.82, 2.24) is 20.4 Å². The third-order valence-corrected chi connectivity index (χ3v) is 5.63. The van der Waals surface area contributed by atoms with Gasteiger partial charge in [0.1, 0.15) is 5.75 Å². The SMILES string of the molecule is COc1ccc(Cl)cc1C(=O)NNC(=O)CSc1nccn1-c1ccc(C)c(C)c1. The first-order valence-corrected chi connectivity index (χ1v) is 10.4. The van der Waals surface area contributed by atoms with E-state index in [0.29, 0.717) is 15.9 Å². The monoisotopic (exact) mass is 444 g/mol. The number of nitrogens with one attached hydrogen (secondary N) is 2. The van der Waals surface area contributed by atoms with Crippen molar-refractivity contribution in [1.29, 1.82) is 0 Å². The Morgan fingerprint density at radius 3 is 2.67 bits per heavy atom. The Kier molecular flexibility index (Phi) is 7.02. The van der Waals surface area contributed by atoms with Crippen molar-refractivity contribution in [2.24, 2.45) is 0 Å². The lowest BCUT2D eigenvalue weighted by Crippen LogP contribution is -2.42. The maximum Gasteiger partial charge on any atom is 0.273 e. The van der Waals surface area contributed by atoms with E-state index >= 15 is 0 Å². The highest BCUT2D eigenvalue weighted by atomic mass is 35.5. The van der Waals surface area contributed by atoms with Crippen LogP contribution in [0.25, 0.3) is 5.69 Å².